The van der Waals surface area contributed by atoms with Gasteiger partial charge in [0.1, 0.15) is 5.52 Å². The largest absolute Gasteiger partial charge is 0.466 e. The third-order valence-corrected chi connectivity index (χ3v) is 22.5. The Morgan fingerprint density at radius 1 is 0.357 bits per heavy atom. The van der Waals surface area contributed by atoms with Crippen molar-refractivity contribution in [2.24, 2.45) is 0 Å². The van der Waals surface area contributed by atoms with Gasteiger partial charge in [-0.2, -0.15) is 0 Å². The van der Waals surface area contributed by atoms with Gasteiger partial charge in [-0.05, 0) is 151 Å². The van der Waals surface area contributed by atoms with Crippen LogP contribution in [0.25, 0.3) is 120 Å². The molecule has 1 aliphatic rings. The van der Waals surface area contributed by atoms with Gasteiger partial charge in [-0.15, -0.1) is 0 Å². The summed E-state index contributed by atoms with van der Waals surface area (Å²) in [4.78, 5) is 25.2. The van der Waals surface area contributed by atoms with Crippen LogP contribution >= 0.6 is 15.4 Å². The Bertz CT molecular complexity index is 6340. The van der Waals surface area contributed by atoms with E-state index in [0.29, 0.717) is 29.1 Å². The third kappa shape index (κ3) is 8.83. The molecule has 19 aromatic rings. The van der Waals surface area contributed by atoms with Gasteiger partial charge >= 0.3 is 15.4 Å². The number of nitrogens with zero attached hydrogens (tertiary/aromatic N) is 11. The van der Waals surface area contributed by atoms with E-state index in [2.05, 4.69) is 201 Å². The molecule has 0 radical (unpaired) electrons. The Kier molecular flexibility index (Phi) is 13.9. The molecule has 0 aliphatic carbocycles. The monoisotopic (exact) mass is 1300 g/mol. The molecule has 6 heterocycles. The second kappa shape index (κ2) is 23.3. The van der Waals surface area contributed by atoms with Gasteiger partial charge in [-0.1, -0.05) is 218 Å². The molecule has 0 N–H and O–H groups in total. The van der Waals surface area contributed by atoms with Gasteiger partial charge in [-0.3, -0.25) is 9.13 Å². The van der Waals surface area contributed by atoms with Gasteiger partial charge in [0.2, 0.25) is 17.8 Å². The van der Waals surface area contributed by atoms with E-state index in [1.54, 1.807) is 6.66 Å². The molecule has 1 aliphatic heterocycles. The summed E-state index contributed by atoms with van der Waals surface area (Å²) in [6, 6.07) is 106. The van der Waals surface area contributed by atoms with E-state index in [1.807, 2.05) is 154 Å². The van der Waals surface area contributed by atoms with Gasteiger partial charge < -0.3 is 4.57 Å². The Morgan fingerprint density at radius 2 is 0.796 bits per heavy atom. The normalized spacial score (nSPS) is 12.8. The second-order valence-corrected chi connectivity index (χ2v) is 27.8. The zero-order valence-corrected chi connectivity index (χ0v) is 55.4. The molecule has 0 amide bonds. The molecule has 0 spiro atoms. The summed E-state index contributed by atoms with van der Waals surface area (Å²) in [5.41, 5.74) is 12.6. The van der Waals surface area contributed by atoms with E-state index in [1.165, 1.54) is 26.9 Å². The van der Waals surface area contributed by atoms with Crippen LogP contribution in [-0.2, 0) is 9.13 Å². The van der Waals surface area contributed by atoms with Crippen LogP contribution in [0.15, 0.2) is 309 Å². The molecule has 0 fully saturated rings. The van der Waals surface area contributed by atoms with Gasteiger partial charge in [0, 0.05) is 21.8 Å². The lowest BCUT2D eigenvalue weighted by Crippen LogP contribution is -2.29. The highest BCUT2D eigenvalue weighted by molar-refractivity contribution is 7.69. The number of rotatable bonds is 8. The summed E-state index contributed by atoms with van der Waals surface area (Å²) in [6.07, 6.45) is 0. The Labute approximate surface area is 563 Å². The molecule has 14 aromatic carbocycles. The third-order valence-electron chi connectivity index (χ3n) is 18.7. The smallest absolute Gasteiger partial charge is 0.309 e. The molecule has 20 rings (SSSR count). The van der Waals surface area contributed by atoms with Crippen molar-refractivity contribution < 1.29 is 9.13 Å². The van der Waals surface area contributed by atoms with E-state index in [9.17, 15) is 4.57 Å². The highest BCUT2D eigenvalue weighted by Crippen LogP contribution is 2.62. The average Bonchev–Trinajstić information content (AvgIpc) is 1.50. The second-order valence-electron chi connectivity index (χ2n) is 24.1. The minimum absolute atomic E-state index is 0.538. The summed E-state index contributed by atoms with van der Waals surface area (Å²) in [7, 11) is -5.46. The number of anilines is 6. The quantitative estimate of drug-likeness (QED) is 0.109. The predicted octanol–water partition coefficient (Wildman–Crippen LogP) is 21.9. The molecule has 0 bridgehead atoms. The first-order valence-electron chi connectivity index (χ1n) is 32.9. The number of fused-ring (bicyclic) bond motifs is 18. The van der Waals surface area contributed by atoms with Crippen LogP contribution in [0.5, 0.6) is 0 Å². The number of para-hydroxylation sites is 10. The number of benzene rings is 14. The molecular formula is C83H60N11O2P2+. The Balaban J connectivity index is 0.000000139. The van der Waals surface area contributed by atoms with E-state index in [0.717, 1.165) is 105 Å². The average molecular weight is 1310 g/mol. The Hall–Kier alpha value is -12.3. The molecule has 468 valence electrons. The minimum atomic E-state index is -3.59. The lowest BCUT2D eigenvalue weighted by Gasteiger charge is -2.35. The SMILES string of the molecule is CC.C[P+](=O)n1c(N(c2ccc3c4ccccc4c4ccccc4c3c2)c2nc3ccccc3n2-c2cccc3ccccc23)nc2ccccc21.O=P1(c2ccccc2)n2c(nc3ccccc32)N(c2cccc3c2c2ccccc2n3-c2ccccc2)c2nc3ccccc3n21. The molecular weight excluding hydrogens is 1240 g/mol. The van der Waals surface area contributed by atoms with Crippen LogP contribution in [0.4, 0.5) is 35.2 Å². The Morgan fingerprint density at radius 3 is 1.42 bits per heavy atom. The fourth-order valence-electron chi connectivity index (χ4n) is 14.7. The highest BCUT2D eigenvalue weighted by atomic mass is 31.2. The number of aromatic nitrogens is 9. The van der Waals surface area contributed by atoms with Crippen LogP contribution < -0.4 is 15.1 Å². The van der Waals surface area contributed by atoms with E-state index in [4.69, 9.17) is 19.9 Å². The predicted molar refractivity (Wildman–Crippen MR) is 406 cm³/mol. The van der Waals surface area contributed by atoms with E-state index in [-0.39, 0.29) is 0 Å². The van der Waals surface area contributed by atoms with Crippen molar-refractivity contribution in [1.29, 1.82) is 0 Å². The van der Waals surface area contributed by atoms with Gasteiger partial charge in [0.05, 0.1) is 72.0 Å². The first-order chi connectivity index (χ1) is 48.4. The highest BCUT2D eigenvalue weighted by Gasteiger charge is 2.46. The first-order valence-corrected chi connectivity index (χ1v) is 36.1. The number of imidazole rings is 4. The molecule has 0 saturated carbocycles. The maximum atomic E-state index is 16.1. The van der Waals surface area contributed by atoms with Gasteiger partial charge in [0.15, 0.2) is 6.66 Å². The lowest BCUT2D eigenvalue weighted by atomic mass is 9.94. The van der Waals surface area contributed by atoms with Crippen molar-refractivity contribution in [3.63, 3.8) is 0 Å². The maximum absolute atomic E-state index is 16.1. The van der Waals surface area contributed by atoms with Crippen LogP contribution in [0.3, 0.4) is 0 Å². The fraction of sp³-hybridized carbons (Fsp3) is 0.0361. The van der Waals surface area contributed by atoms with Crippen LogP contribution in [0.1, 0.15) is 13.8 Å². The molecule has 1 atom stereocenters. The zero-order valence-electron chi connectivity index (χ0n) is 53.6. The molecule has 15 heteroatoms. The summed E-state index contributed by atoms with van der Waals surface area (Å²) in [6.45, 7) is 5.73. The standard InChI is InChI=1S/C43H29N5OP.C38H25N6OP.C2H6/c1-50(49)48-41-23-11-9-21-38(41)45-43(48)46(29-25-26-35-33-18-5-4-16-31(33)32-17-6-7-19-34(32)36(35)27-29)42-44-37-20-8-10-22-40(37)47(42)39-24-12-14-28-13-2-3-15-30(28)39;45-46(27-16-5-2-6-17-27)43-32-22-11-8-19-29(32)39-37(43)42(38-40-30-20-9-12-23-33(30)44(38)46)35-25-13-24-34-36(35)28-18-7-10-21-31(28)41(34)26-14-3-1-4-15-26;1-2/h2-27H,1H3;1-25H;1-2H3/q+1;;. The summed E-state index contributed by atoms with van der Waals surface area (Å²) >= 11 is 0. The van der Waals surface area contributed by atoms with Crippen molar-refractivity contribution in [2.45, 2.75) is 13.8 Å². The van der Waals surface area contributed by atoms with Crippen LogP contribution in [0, 0.1) is 0 Å². The summed E-state index contributed by atoms with van der Waals surface area (Å²) in [5.74, 6) is 2.33. The van der Waals surface area contributed by atoms with Crippen LogP contribution in [0.2, 0.25) is 0 Å². The molecule has 1 unspecified atom stereocenters. The van der Waals surface area contributed by atoms with E-state index >= 15 is 4.57 Å². The first kappa shape index (κ1) is 58.3. The molecule has 98 heavy (non-hydrogen) atoms. The van der Waals surface area contributed by atoms with Crippen molar-refractivity contribution >= 4 is 165 Å². The van der Waals surface area contributed by atoms with Crippen LogP contribution in [-0.4, -0.2) is 48.7 Å². The summed E-state index contributed by atoms with van der Waals surface area (Å²) in [5, 5.41) is 12.2. The lowest BCUT2D eigenvalue weighted by molar-refractivity contribution is 0.569. The van der Waals surface area contributed by atoms with Crippen molar-refractivity contribution in [3.8, 4) is 11.4 Å². The number of hydrogen-bond acceptors (Lipinski definition) is 8. The minimum Gasteiger partial charge on any atom is -0.309 e. The number of hydrogen-bond donors (Lipinski definition) is 0. The van der Waals surface area contributed by atoms with Crippen molar-refractivity contribution in [1.82, 2.24) is 42.1 Å². The topological polar surface area (TPSA) is 117 Å². The van der Waals surface area contributed by atoms with Crippen molar-refractivity contribution in [2.75, 3.05) is 16.5 Å². The maximum Gasteiger partial charge on any atom is 0.466 e. The van der Waals surface area contributed by atoms with Gasteiger partial charge in [-0.25, -0.2) is 38.4 Å². The molecule has 0 saturated heterocycles. The fourth-order valence-corrected chi connectivity index (χ4v) is 18.4. The van der Waals surface area contributed by atoms with Crippen molar-refractivity contribution in [3.05, 3.63) is 309 Å². The summed E-state index contributed by atoms with van der Waals surface area (Å²) < 4.78 is 40.1. The molecule has 5 aromatic heterocycles. The zero-order chi connectivity index (χ0) is 65.8. The van der Waals surface area contributed by atoms with E-state index < -0.39 is 15.4 Å². The molecule has 13 nitrogen and oxygen atoms in total. The van der Waals surface area contributed by atoms with Gasteiger partial charge in [0.25, 0.3) is 5.95 Å².